The number of benzene rings is 2. The number of carbonyl (C=O) groups excluding carboxylic acids is 1. The molecule has 0 amide bonds. The Bertz CT molecular complexity index is 684. The van der Waals surface area contributed by atoms with Crippen LogP contribution in [0.25, 0.3) is 6.08 Å². The molecule has 0 unspecified atom stereocenters. The number of halogens is 2. The maximum atomic E-state index is 14.1. The minimum atomic E-state index is -0.450. The van der Waals surface area contributed by atoms with Crippen LogP contribution in [0.5, 0.6) is 0 Å². The first-order valence-electron chi connectivity index (χ1n) is 6.67. The van der Waals surface area contributed by atoms with Crippen molar-refractivity contribution in [1.82, 2.24) is 0 Å². The second kappa shape index (κ2) is 8.01. The zero-order chi connectivity index (χ0) is 15.9. The predicted molar refractivity (Wildman–Crippen MR) is 87.6 cm³/mol. The highest BCUT2D eigenvalue weighted by Crippen LogP contribution is 2.33. The Morgan fingerprint density at radius 2 is 2.00 bits per heavy atom. The summed E-state index contributed by atoms with van der Waals surface area (Å²) in [5, 5.41) is 0.625. The second-order valence-electron chi connectivity index (χ2n) is 4.30. The molecule has 5 heteroatoms. The van der Waals surface area contributed by atoms with Crippen LogP contribution in [0.1, 0.15) is 12.5 Å². The van der Waals surface area contributed by atoms with Gasteiger partial charge in [-0.1, -0.05) is 35.5 Å². The highest BCUT2D eigenvalue weighted by Gasteiger charge is 2.09. The lowest BCUT2D eigenvalue weighted by Crippen LogP contribution is -1.98. The van der Waals surface area contributed by atoms with E-state index in [0.29, 0.717) is 22.1 Å². The molecule has 0 saturated heterocycles. The average Bonchev–Trinajstić information content (AvgIpc) is 2.50. The minimum Gasteiger partial charge on any atom is -0.463 e. The van der Waals surface area contributed by atoms with Crippen molar-refractivity contribution in [1.29, 1.82) is 0 Å². The van der Waals surface area contributed by atoms with E-state index in [1.807, 2.05) is 12.1 Å². The van der Waals surface area contributed by atoms with E-state index in [9.17, 15) is 9.18 Å². The molecule has 0 aromatic heterocycles. The zero-order valence-electron chi connectivity index (χ0n) is 11.9. The summed E-state index contributed by atoms with van der Waals surface area (Å²) in [6.45, 7) is 2.04. The summed E-state index contributed by atoms with van der Waals surface area (Å²) in [5.74, 6) is -0.792. The summed E-state index contributed by atoms with van der Waals surface area (Å²) in [6, 6.07) is 11.9. The van der Waals surface area contributed by atoms with E-state index < -0.39 is 5.97 Å². The summed E-state index contributed by atoms with van der Waals surface area (Å²) in [5.41, 5.74) is 0.619. The molecule has 2 aromatic rings. The van der Waals surface area contributed by atoms with E-state index in [2.05, 4.69) is 0 Å². The molecule has 0 N–H and O–H groups in total. The van der Waals surface area contributed by atoms with Crippen LogP contribution in [0.3, 0.4) is 0 Å². The molecule has 0 aliphatic carbocycles. The van der Waals surface area contributed by atoms with Crippen molar-refractivity contribution in [2.75, 3.05) is 6.61 Å². The molecule has 2 rings (SSSR count). The third-order valence-corrected chi connectivity index (χ3v) is 4.11. The van der Waals surface area contributed by atoms with Crippen molar-refractivity contribution in [3.63, 3.8) is 0 Å². The second-order valence-corrected chi connectivity index (χ2v) is 5.82. The van der Waals surface area contributed by atoms with Crippen molar-refractivity contribution < 1.29 is 13.9 Å². The Labute approximate surface area is 137 Å². The van der Waals surface area contributed by atoms with Gasteiger partial charge in [0, 0.05) is 16.0 Å². The summed E-state index contributed by atoms with van der Waals surface area (Å²) in [7, 11) is 0. The molecule has 0 atom stereocenters. The first-order chi connectivity index (χ1) is 10.6. The molecule has 0 fully saturated rings. The fourth-order valence-electron chi connectivity index (χ4n) is 1.73. The van der Waals surface area contributed by atoms with Crippen molar-refractivity contribution in [3.05, 3.63) is 64.9 Å². The maximum absolute atomic E-state index is 14.1. The maximum Gasteiger partial charge on any atom is 0.330 e. The van der Waals surface area contributed by atoms with Crippen molar-refractivity contribution in [2.24, 2.45) is 0 Å². The Kier molecular flexibility index (Phi) is 6.04. The first-order valence-corrected chi connectivity index (χ1v) is 7.86. The van der Waals surface area contributed by atoms with Crippen molar-refractivity contribution in [3.8, 4) is 0 Å². The minimum absolute atomic E-state index is 0.304. The average molecular weight is 337 g/mol. The molecular formula is C17H14ClFO2S. The third-order valence-electron chi connectivity index (χ3n) is 2.72. The predicted octanol–water partition coefficient (Wildman–Crippen LogP) is 5.21. The number of carbonyl (C=O) groups is 1. The first kappa shape index (κ1) is 16.6. The summed E-state index contributed by atoms with van der Waals surface area (Å²) in [6.07, 6.45) is 2.85. The van der Waals surface area contributed by atoms with Gasteiger partial charge in [-0.2, -0.15) is 0 Å². The van der Waals surface area contributed by atoms with Gasteiger partial charge in [0.05, 0.1) is 11.5 Å². The van der Waals surface area contributed by atoms with Gasteiger partial charge in [0.2, 0.25) is 0 Å². The Hall–Kier alpha value is -1.78. The lowest BCUT2D eigenvalue weighted by molar-refractivity contribution is -0.137. The van der Waals surface area contributed by atoms with Gasteiger partial charge in [-0.25, -0.2) is 9.18 Å². The molecule has 22 heavy (non-hydrogen) atoms. The number of ether oxygens (including phenoxy) is 1. The Morgan fingerprint density at radius 1 is 1.27 bits per heavy atom. The van der Waals surface area contributed by atoms with Crippen LogP contribution in [-0.2, 0) is 9.53 Å². The van der Waals surface area contributed by atoms with E-state index in [0.717, 1.165) is 4.90 Å². The van der Waals surface area contributed by atoms with Crippen LogP contribution >= 0.6 is 23.4 Å². The Balaban J connectivity index is 2.26. The van der Waals surface area contributed by atoms with Crippen LogP contribution in [0.2, 0.25) is 5.02 Å². The van der Waals surface area contributed by atoms with Crippen LogP contribution < -0.4 is 0 Å². The van der Waals surface area contributed by atoms with E-state index in [4.69, 9.17) is 16.3 Å². The largest absolute Gasteiger partial charge is 0.463 e. The molecule has 0 aliphatic heterocycles. The summed E-state index contributed by atoms with van der Waals surface area (Å²) >= 11 is 7.12. The molecule has 0 saturated carbocycles. The van der Waals surface area contributed by atoms with Gasteiger partial charge in [0.1, 0.15) is 5.82 Å². The number of rotatable bonds is 5. The molecular weight excluding hydrogens is 323 g/mol. The van der Waals surface area contributed by atoms with Crippen LogP contribution in [0.4, 0.5) is 4.39 Å². The molecule has 0 radical (unpaired) electrons. The van der Waals surface area contributed by atoms with E-state index in [1.165, 1.54) is 23.9 Å². The monoisotopic (exact) mass is 336 g/mol. The number of hydrogen-bond donors (Lipinski definition) is 0. The highest BCUT2D eigenvalue weighted by molar-refractivity contribution is 7.99. The lowest BCUT2D eigenvalue weighted by Gasteiger charge is -2.07. The van der Waals surface area contributed by atoms with E-state index >= 15 is 0 Å². The van der Waals surface area contributed by atoms with Crippen molar-refractivity contribution >= 4 is 35.4 Å². The van der Waals surface area contributed by atoms with E-state index in [1.54, 1.807) is 37.3 Å². The number of hydrogen-bond acceptors (Lipinski definition) is 3. The molecule has 2 aromatic carbocycles. The quantitative estimate of drug-likeness (QED) is 0.554. The lowest BCUT2D eigenvalue weighted by atomic mass is 10.2. The van der Waals surface area contributed by atoms with Crippen LogP contribution in [-0.4, -0.2) is 12.6 Å². The van der Waals surface area contributed by atoms with Crippen LogP contribution in [0, 0.1) is 5.82 Å². The van der Waals surface area contributed by atoms with Crippen molar-refractivity contribution in [2.45, 2.75) is 16.7 Å². The van der Waals surface area contributed by atoms with Gasteiger partial charge in [-0.3, -0.25) is 0 Å². The molecule has 2 nitrogen and oxygen atoms in total. The molecule has 114 valence electrons. The third kappa shape index (κ3) is 4.61. The SMILES string of the molecule is CCOC(=O)/C=C/c1cccc(F)c1Sc1ccc(Cl)cc1. The molecule has 0 spiro atoms. The summed E-state index contributed by atoms with van der Waals surface area (Å²) in [4.78, 5) is 12.7. The molecule has 0 heterocycles. The fraction of sp³-hybridized carbons (Fsp3) is 0.118. The van der Waals surface area contributed by atoms with Gasteiger partial charge < -0.3 is 4.74 Å². The normalized spacial score (nSPS) is 10.9. The van der Waals surface area contributed by atoms with Gasteiger partial charge in [0.15, 0.2) is 0 Å². The van der Waals surface area contributed by atoms with E-state index in [-0.39, 0.29) is 5.82 Å². The topological polar surface area (TPSA) is 26.3 Å². The van der Waals surface area contributed by atoms with Gasteiger partial charge in [-0.15, -0.1) is 0 Å². The van der Waals surface area contributed by atoms with Gasteiger partial charge in [0.25, 0.3) is 0 Å². The molecule has 0 bridgehead atoms. The standard InChI is InChI=1S/C17H14ClFO2S/c1-2-21-16(20)11-6-12-4-3-5-15(19)17(12)22-14-9-7-13(18)8-10-14/h3-11H,2H2,1H3/b11-6+. The Morgan fingerprint density at radius 3 is 2.68 bits per heavy atom. The smallest absolute Gasteiger partial charge is 0.330 e. The number of esters is 1. The van der Waals surface area contributed by atoms with Gasteiger partial charge >= 0.3 is 5.97 Å². The zero-order valence-corrected chi connectivity index (χ0v) is 13.5. The highest BCUT2D eigenvalue weighted by atomic mass is 35.5. The summed E-state index contributed by atoms with van der Waals surface area (Å²) < 4.78 is 18.9. The molecule has 0 aliphatic rings. The fourth-order valence-corrected chi connectivity index (χ4v) is 2.79. The van der Waals surface area contributed by atoms with Crippen LogP contribution in [0.15, 0.2) is 58.3 Å². The van der Waals surface area contributed by atoms with Gasteiger partial charge in [-0.05, 0) is 48.9 Å².